The van der Waals surface area contributed by atoms with E-state index in [2.05, 4.69) is 18.7 Å². The molecular formula is C12H23NO2. The van der Waals surface area contributed by atoms with Crippen molar-refractivity contribution in [3.05, 3.63) is 0 Å². The van der Waals surface area contributed by atoms with Gasteiger partial charge in [0.2, 0.25) is 0 Å². The lowest BCUT2D eigenvalue weighted by molar-refractivity contribution is -0.137. The van der Waals surface area contributed by atoms with Crippen LogP contribution in [0.25, 0.3) is 0 Å². The highest BCUT2D eigenvalue weighted by atomic mass is 16.4. The minimum absolute atomic E-state index is 0.298. The molecule has 1 aliphatic rings. The summed E-state index contributed by atoms with van der Waals surface area (Å²) in [5, 5.41) is 8.65. The molecule has 1 unspecified atom stereocenters. The molecule has 1 N–H and O–H groups in total. The third-order valence-electron chi connectivity index (χ3n) is 3.10. The van der Waals surface area contributed by atoms with Crippen LogP contribution in [0.3, 0.4) is 0 Å². The van der Waals surface area contributed by atoms with Gasteiger partial charge in [0.1, 0.15) is 0 Å². The lowest BCUT2D eigenvalue weighted by Gasteiger charge is -2.28. The van der Waals surface area contributed by atoms with Crippen molar-refractivity contribution in [1.82, 2.24) is 4.90 Å². The van der Waals surface area contributed by atoms with Crippen molar-refractivity contribution in [2.75, 3.05) is 13.1 Å². The molecule has 0 bridgehead atoms. The molecule has 1 atom stereocenters. The summed E-state index contributed by atoms with van der Waals surface area (Å²) >= 11 is 0. The number of nitrogens with zero attached hydrogens (tertiary/aromatic N) is 1. The Morgan fingerprint density at radius 1 is 1.53 bits per heavy atom. The first-order chi connectivity index (χ1) is 7.13. The van der Waals surface area contributed by atoms with Gasteiger partial charge in [-0.25, -0.2) is 0 Å². The summed E-state index contributed by atoms with van der Waals surface area (Å²) in [5.41, 5.74) is 0. The number of aliphatic carboxylic acids is 1. The zero-order chi connectivity index (χ0) is 11.3. The topological polar surface area (TPSA) is 40.5 Å². The van der Waals surface area contributed by atoms with Gasteiger partial charge in [0, 0.05) is 19.0 Å². The minimum Gasteiger partial charge on any atom is -0.481 e. The van der Waals surface area contributed by atoms with Crippen LogP contribution >= 0.6 is 0 Å². The second kappa shape index (κ2) is 6.11. The van der Waals surface area contributed by atoms with E-state index in [1.807, 2.05) is 0 Å². The lowest BCUT2D eigenvalue weighted by Crippen LogP contribution is -2.35. The van der Waals surface area contributed by atoms with Crippen LogP contribution in [0.15, 0.2) is 0 Å². The van der Waals surface area contributed by atoms with Crippen molar-refractivity contribution >= 4 is 5.97 Å². The zero-order valence-electron chi connectivity index (χ0n) is 9.91. The number of carbonyl (C=O) groups is 1. The van der Waals surface area contributed by atoms with E-state index >= 15 is 0 Å². The smallest absolute Gasteiger partial charge is 0.303 e. The van der Waals surface area contributed by atoms with E-state index < -0.39 is 5.97 Å². The number of rotatable bonds is 8. The molecule has 3 heteroatoms. The van der Waals surface area contributed by atoms with Crippen LogP contribution in [0.4, 0.5) is 0 Å². The first kappa shape index (κ1) is 12.5. The Morgan fingerprint density at radius 3 is 2.67 bits per heavy atom. The molecule has 0 radical (unpaired) electrons. The molecule has 0 spiro atoms. The van der Waals surface area contributed by atoms with Gasteiger partial charge in [-0.15, -0.1) is 0 Å². The Bertz CT molecular complexity index is 202. The fourth-order valence-electron chi connectivity index (χ4n) is 1.93. The molecule has 0 saturated heterocycles. The fraction of sp³-hybridized carbons (Fsp3) is 0.917. The quantitative estimate of drug-likeness (QED) is 0.673. The number of hydrogen-bond donors (Lipinski definition) is 1. The number of hydrogen-bond acceptors (Lipinski definition) is 2. The molecule has 3 nitrogen and oxygen atoms in total. The summed E-state index contributed by atoms with van der Waals surface area (Å²) < 4.78 is 0. The Labute approximate surface area is 92.5 Å². The van der Waals surface area contributed by atoms with Gasteiger partial charge in [0.15, 0.2) is 0 Å². The molecule has 0 aromatic heterocycles. The van der Waals surface area contributed by atoms with Gasteiger partial charge in [0.25, 0.3) is 0 Å². The molecule has 0 heterocycles. The zero-order valence-corrected chi connectivity index (χ0v) is 9.91. The monoisotopic (exact) mass is 213 g/mol. The summed E-state index contributed by atoms with van der Waals surface area (Å²) in [7, 11) is 0. The van der Waals surface area contributed by atoms with E-state index in [1.165, 1.54) is 19.4 Å². The standard InChI is InChI=1S/C12H23NO2/c1-3-8-13(9-11-5-6-11)10(2)4-7-12(14)15/h10-11H,3-9H2,1-2H3,(H,14,15). The second-order valence-electron chi connectivity index (χ2n) is 4.72. The van der Waals surface area contributed by atoms with Crippen LogP contribution in [-0.2, 0) is 4.79 Å². The molecule has 1 rings (SSSR count). The van der Waals surface area contributed by atoms with Crippen LogP contribution < -0.4 is 0 Å². The van der Waals surface area contributed by atoms with Crippen molar-refractivity contribution in [3.8, 4) is 0 Å². The first-order valence-electron chi connectivity index (χ1n) is 6.09. The third-order valence-corrected chi connectivity index (χ3v) is 3.10. The maximum atomic E-state index is 10.5. The molecule has 0 amide bonds. The summed E-state index contributed by atoms with van der Waals surface area (Å²) in [6, 6.07) is 0.418. The van der Waals surface area contributed by atoms with E-state index in [4.69, 9.17) is 5.11 Å². The minimum atomic E-state index is -0.676. The predicted octanol–water partition coefficient (Wildman–Crippen LogP) is 2.36. The normalized spacial score (nSPS) is 18.1. The van der Waals surface area contributed by atoms with Crippen molar-refractivity contribution in [2.45, 2.75) is 52.0 Å². The van der Waals surface area contributed by atoms with Gasteiger partial charge in [0.05, 0.1) is 0 Å². The summed E-state index contributed by atoms with van der Waals surface area (Å²) in [4.78, 5) is 13.0. The van der Waals surface area contributed by atoms with Crippen LogP contribution in [0.2, 0.25) is 0 Å². The average Bonchev–Trinajstić information content (AvgIpc) is 2.97. The van der Waals surface area contributed by atoms with E-state index in [0.717, 1.165) is 25.3 Å². The molecule has 0 aliphatic heterocycles. The van der Waals surface area contributed by atoms with E-state index in [9.17, 15) is 4.79 Å². The van der Waals surface area contributed by atoms with Crippen LogP contribution in [0.5, 0.6) is 0 Å². The SMILES string of the molecule is CCCN(CC1CC1)C(C)CCC(=O)O. The summed E-state index contributed by atoms with van der Waals surface area (Å²) in [5.74, 6) is 0.216. The van der Waals surface area contributed by atoms with Crippen molar-refractivity contribution in [2.24, 2.45) is 5.92 Å². The Balaban J connectivity index is 2.27. The van der Waals surface area contributed by atoms with Gasteiger partial charge in [-0.2, -0.15) is 0 Å². The molecule has 1 aliphatic carbocycles. The van der Waals surface area contributed by atoms with Crippen LogP contribution in [-0.4, -0.2) is 35.1 Å². The number of carboxylic acid groups (broad SMARTS) is 1. The molecule has 0 aromatic carbocycles. The van der Waals surface area contributed by atoms with Crippen molar-refractivity contribution in [3.63, 3.8) is 0 Å². The van der Waals surface area contributed by atoms with Crippen LogP contribution in [0, 0.1) is 5.92 Å². The second-order valence-corrected chi connectivity index (χ2v) is 4.72. The highest BCUT2D eigenvalue weighted by Gasteiger charge is 2.26. The molecular weight excluding hydrogens is 190 g/mol. The van der Waals surface area contributed by atoms with Gasteiger partial charge in [-0.1, -0.05) is 6.92 Å². The van der Waals surface area contributed by atoms with Gasteiger partial charge in [-0.05, 0) is 45.1 Å². The maximum Gasteiger partial charge on any atom is 0.303 e. The van der Waals surface area contributed by atoms with Crippen molar-refractivity contribution < 1.29 is 9.90 Å². The van der Waals surface area contributed by atoms with Gasteiger partial charge in [-0.3, -0.25) is 4.79 Å². The fourth-order valence-corrected chi connectivity index (χ4v) is 1.93. The highest BCUT2D eigenvalue weighted by Crippen LogP contribution is 2.30. The third kappa shape index (κ3) is 5.17. The number of carboxylic acids is 1. The Hall–Kier alpha value is -0.570. The highest BCUT2D eigenvalue weighted by molar-refractivity contribution is 5.66. The molecule has 15 heavy (non-hydrogen) atoms. The predicted molar refractivity (Wildman–Crippen MR) is 60.9 cm³/mol. The molecule has 1 fully saturated rings. The maximum absolute atomic E-state index is 10.5. The van der Waals surface area contributed by atoms with Crippen molar-refractivity contribution in [1.29, 1.82) is 0 Å². The largest absolute Gasteiger partial charge is 0.481 e. The molecule has 0 aromatic rings. The Morgan fingerprint density at radius 2 is 2.20 bits per heavy atom. The van der Waals surface area contributed by atoms with Gasteiger partial charge >= 0.3 is 5.97 Å². The average molecular weight is 213 g/mol. The summed E-state index contributed by atoms with van der Waals surface area (Å²) in [6.07, 6.45) is 4.97. The molecule has 1 saturated carbocycles. The first-order valence-corrected chi connectivity index (χ1v) is 6.09. The van der Waals surface area contributed by atoms with E-state index in [-0.39, 0.29) is 0 Å². The molecule has 88 valence electrons. The lowest BCUT2D eigenvalue weighted by atomic mass is 10.1. The Kier molecular flexibility index (Phi) is 5.09. The van der Waals surface area contributed by atoms with Gasteiger partial charge < -0.3 is 10.0 Å². The van der Waals surface area contributed by atoms with Crippen LogP contribution in [0.1, 0.15) is 46.0 Å². The van der Waals surface area contributed by atoms with E-state index in [1.54, 1.807) is 0 Å². The van der Waals surface area contributed by atoms with E-state index in [0.29, 0.717) is 12.5 Å². The summed E-state index contributed by atoms with van der Waals surface area (Å²) in [6.45, 7) is 6.62.